The molecule has 12 nitrogen and oxygen atoms in total. The Balaban J connectivity index is 1.65. The van der Waals surface area contributed by atoms with E-state index < -0.39 is 63.3 Å². The van der Waals surface area contributed by atoms with Gasteiger partial charge in [0.1, 0.15) is 23.2 Å². The average Bonchev–Trinajstić information content (AvgIpc) is 3.48. The van der Waals surface area contributed by atoms with E-state index in [-0.39, 0.29) is 36.8 Å². The number of rotatable bonds is 6. The lowest BCUT2D eigenvalue weighted by Crippen LogP contribution is -2.56. The van der Waals surface area contributed by atoms with Crippen LogP contribution in [-0.4, -0.2) is 79.7 Å². The number of hydrogen-bond donors (Lipinski definition) is 2. The van der Waals surface area contributed by atoms with Crippen molar-refractivity contribution in [2.75, 3.05) is 13.2 Å². The molecule has 0 aromatic heterocycles. The van der Waals surface area contributed by atoms with Gasteiger partial charge in [-0.1, -0.05) is 40.9 Å². The number of ether oxygens (including phenoxy) is 2. The van der Waals surface area contributed by atoms with Crippen molar-refractivity contribution in [3.63, 3.8) is 0 Å². The Hall–Kier alpha value is -2.97. The zero-order valence-electron chi connectivity index (χ0n) is 26.0. The lowest BCUT2D eigenvalue weighted by atomic mass is 10.0. The number of carbonyl (C=O) groups excluding carboxylic acids is 4. The Morgan fingerprint density at radius 1 is 1.13 bits per heavy atom. The minimum atomic E-state index is -4.25. The maximum absolute atomic E-state index is 14.1. The van der Waals surface area contributed by atoms with Crippen molar-refractivity contribution in [1.82, 2.24) is 15.5 Å². The third-order valence-corrected chi connectivity index (χ3v) is 9.84. The molecule has 2 N–H and O–H groups in total. The number of nitrogens with zero attached hydrogens (tertiary/aromatic N) is 1. The standard InChI is InChI=1S/C31H42BrN3O9S/c1-5-42-28(38)31-18-20(31)11-9-7-6-8-10-12-24(33-29(39)43-30(2,3)4)27(37)35-19-22(17-25(35)26(36)34-31)44-45(40,41)23-15-13-21(32)14-16-23/h9,11,13-16,20,22,24-25H,5-8,10,12,17-19H2,1-4H3,(H,33,39)(H,34,36)/b11-9-/t20-,22-,24-,25-,31+/m0/s1. The molecule has 5 atom stereocenters. The molecule has 1 saturated heterocycles. The van der Waals surface area contributed by atoms with Gasteiger partial charge < -0.3 is 25.0 Å². The van der Waals surface area contributed by atoms with Gasteiger partial charge in [0.2, 0.25) is 11.8 Å². The molecular formula is C31H42BrN3O9S. The van der Waals surface area contributed by atoms with E-state index in [4.69, 9.17) is 13.7 Å². The molecule has 1 aliphatic carbocycles. The normalized spacial score (nSPS) is 28.4. The van der Waals surface area contributed by atoms with Crippen LogP contribution in [0.2, 0.25) is 0 Å². The summed E-state index contributed by atoms with van der Waals surface area (Å²) in [6, 6.07) is 3.69. The Morgan fingerprint density at radius 3 is 2.51 bits per heavy atom. The Bertz CT molecular complexity index is 1410. The molecule has 14 heteroatoms. The van der Waals surface area contributed by atoms with Crippen molar-refractivity contribution in [2.45, 2.75) is 107 Å². The molecular weight excluding hydrogens is 670 g/mol. The van der Waals surface area contributed by atoms with Gasteiger partial charge in [-0.15, -0.1) is 0 Å². The molecule has 0 radical (unpaired) electrons. The molecule has 45 heavy (non-hydrogen) atoms. The van der Waals surface area contributed by atoms with Gasteiger partial charge in [0, 0.05) is 23.4 Å². The second-order valence-electron chi connectivity index (χ2n) is 12.6. The number of fused-ring (bicyclic) bond motifs is 2. The van der Waals surface area contributed by atoms with Gasteiger partial charge in [-0.25, -0.2) is 9.59 Å². The molecule has 4 rings (SSSR count). The van der Waals surface area contributed by atoms with E-state index in [1.807, 2.05) is 12.2 Å². The highest BCUT2D eigenvalue weighted by Crippen LogP contribution is 2.46. The van der Waals surface area contributed by atoms with Crippen LogP contribution in [0.1, 0.15) is 72.6 Å². The number of amides is 3. The van der Waals surface area contributed by atoms with Crippen LogP contribution >= 0.6 is 15.9 Å². The fourth-order valence-electron chi connectivity index (χ4n) is 5.66. The number of carbonyl (C=O) groups is 4. The summed E-state index contributed by atoms with van der Waals surface area (Å²) in [7, 11) is -4.25. The van der Waals surface area contributed by atoms with Gasteiger partial charge in [-0.05, 0) is 77.6 Å². The quantitative estimate of drug-likeness (QED) is 0.253. The van der Waals surface area contributed by atoms with Crippen LogP contribution in [0, 0.1) is 5.92 Å². The summed E-state index contributed by atoms with van der Waals surface area (Å²) in [5, 5.41) is 5.50. The van der Waals surface area contributed by atoms with E-state index >= 15 is 0 Å². The molecule has 248 valence electrons. The van der Waals surface area contributed by atoms with Crippen LogP contribution in [0.3, 0.4) is 0 Å². The second-order valence-corrected chi connectivity index (χ2v) is 15.1. The van der Waals surface area contributed by atoms with Gasteiger partial charge in [-0.3, -0.25) is 13.8 Å². The molecule has 1 aromatic carbocycles. The first-order valence-electron chi connectivity index (χ1n) is 15.3. The smallest absolute Gasteiger partial charge is 0.408 e. The number of hydrogen-bond acceptors (Lipinski definition) is 9. The first kappa shape index (κ1) is 34.9. The predicted octanol–water partition coefficient (Wildman–Crippen LogP) is 3.98. The predicted molar refractivity (Wildman–Crippen MR) is 167 cm³/mol. The molecule has 3 amide bonds. The van der Waals surface area contributed by atoms with Crippen molar-refractivity contribution in [3.05, 3.63) is 40.9 Å². The SMILES string of the molecule is CCOC(=O)[C@@]12C[C@@H]1/C=C\CCCCC[C@H](NC(=O)OC(C)(C)C)C(=O)N1C[C@@H](OS(=O)(=O)c3ccc(Br)cc3)C[C@H]1C(=O)N2. The van der Waals surface area contributed by atoms with E-state index in [9.17, 15) is 27.6 Å². The van der Waals surface area contributed by atoms with Crippen molar-refractivity contribution in [1.29, 1.82) is 0 Å². The molecule has 0 unspecified atom stereocenters. The van der Waals surface area contributed by atoms with E-state index in [1.54, 1.807) is 39.8 Å². The van der Waals surface area contributed by atoms with E-state index in [0.29, 0.717) is 17.3 Å². The highest BCUT2D eigenvalue weighted by atomic mass is 79.9. The maximum Gasteiger partial charge on any atom is 0.408 e. The molecule has 3 aliphatic rings. The van der Waals surface area contributed by atoms with Gasteiger partial charge in [0.15, 0.2) is 0 Å². The Labute approximate surface area is 272 Å². The lowest BCUT2D eigenvalue weighted by Gasteiger charge is -2.30. The number of esters is 1. The first-order valence-corrected chi connectivity index (χ1v) is 17.5. The summed E-state index contributed by atoms with van der Waals surface area (Å²) >= 11 is 3.28. The van der Waals surface area contributed by atoms with Gasteiger partial charge >= 0.3 is 12.1 Å². The average molecular weight is 713 g/mol. The van der Waals surface area contributed by atoms with Crippen LogP contribution in [0.4, 0.5) is 4.79 Å². The van der Waals surface area contributed by atoms with Crippen LogP contribution in [0.5, 0.6) is 0 Å². The van der Waals surface area contributed by atoms with Crippen LogP contribution in [0.25, 0.3) is 0 Å². The fourth-order valence-corrected chi connectivity index (χ4v) is 7.01. The van der Waals surface area contributed by atoms with Gasteiger partial charge in [0.25, 0.3) is 10.1 Å². The highest BCUT2D eigenvalue weighted by molar-refractivity contribution is 9.10. The van der Waals surface area contributed by atoms with Crippen LogP contribution in [-0.2, 0) is 38.2 Å². The van der Waals surface area contributed by atoms with E-state index in [0.717, 1.165) is 19.3 Å². The number of benzene rings is 1. The number of alkyl carbamates (subject to hydrolysis) is 1. The van der Waals surface area contributed by atoms with Gasteiger partial charge in [-0.2, -0.15) is 8.42 Å². The number of nitrogens with one attached hydrogen (secondary N) is 2. The summed E-state index contributed by atoms with van der Waals surface area (Å²) in [4.78, 5) is 55.0. The number of allylic oxidation sites excluding steroid dienone is 1. The van der Waals surface area contributed by atoms with E-state index in [1.165, 1.54) is 17.0 Å². The minimum absolute atomic E-state index is 0.0794. The third kappa shape index (κ3) is 8.85. The zero-order chi connectivity index (χ0) is 33.0. The first-order chi connectivity index (χ1) is 21.1. The molecule has 0 spiro atoms. The van der Waals surface area contributed by atoms with Crippen molar-refractivity contribution >= 4 is 49.9 Å². The molecule has 2 fully saturated rings. The molecule has 2 aliphatic heterocycles. The Kier molecular flexibility index (Phi) is 11.0. The topological polar surface area (TPSA) is 157 Å². The lowest BCUT2D eigenvalue weighted by molar-refractivity contribution is -0.150. The van der Waals surface area contributed by atoms with Crippen molar-refractivity contribution < 1.29 is 41.3 Å². The molecule has 2 heterocycles. The van der Waals surface area contributed by atoms with Crippen molar-refractivity contribution in [2.24, 2.45) is 5.92 Å². The summed E-state index contributed by atoms with van der Waals surface area (Å²) in [5.74, 6) is -2.05. The fraction of sp³-hybridized carbons (Fsp3) is 0.613. The van der Waals surface area contributed by atoms with E-state index in [2.05, 4.69) is 26.6 Å². The second kappa shape index (κ2) is 14.2. The molecule has 1 saturated carbocycles. The zero-order valence-corrected chi connectivity index (χ0v) is 28.4. The monoisotopic (exact) mass is 711 g/mol. The summed E-state index contributed by atoms with van der Waals surface area (Å²) in [5.41, 5.74) is -2.09. The summed E-state index contributed by atoms with van der Waals surface area (Å²) in [6.45, 7) is 6.70. The summed E-state index contributed by atoms with van der Waals surface area (Å²) in [6.07, 6.45) is 5.49. The number of halogens is 1. The van der Waals surface area contributed by atoms with Crippen LogP contribution in [0.15, 0.2) is 45.8 Å². The highest BCUT2D eigenvalue weighted by Gasteiger charge is 2.62. The third-order valence-electron chi connectivity index (χ3n) is 7.94. The summed E-state index contributed by atoms with van der Waals surface area (Å²) < 4.78 is 43.2. The molecule has 1 aromatic rings. The largest absolute Gasteiger partial charge is 0.464 e. The van der Waals surface area contributed by atoms with Crippen molar-refractivity contribution in [3.8, 4) is 0 Å². The van der Waals surface area contributed by atoms with Crippen LogP contribution < -0.4 is 10.6 Å². The maximum atomic E-state index is 14.1. The minimum Gasteiger partial charge on any atom is -0.464 e. The van der Waals surface area contributed by atoms with Gasteiger partial charge in [0.05, 0.1) is 17.6 Å². The Morgan fingerprint density at radius 2 is 1.84 bits per heavy atom. The molecule has 0 bridgehead atoms.